The monoisotopic (exact) mass is 265 g/mol. The molecule has 1 aromatic carbocycles. The van der Waals surface area contributed by atoms with Gasteiger partial charge in [0.2, 0.25) is 12.7 Å². The molecule has 0 saturated carbocycles. The summed E-state index contributed by atoms with van der Waals surface area (Å²) in [4.78, 5) is 23.8. The van der Waals surface area contributed by atoms with Crippen LogP contribution in [0.2, 0.25) is 0 Å². The average Bonchev–Trinajstić information content (AvgIpc) is 2.85. The standard InChI is InChI=1S/C13H15NO5/c1-14(6-5-12(16)17)11(15)7-9-3-2-4-10-13(9)19-8-18-10/h2-4H,5-8H2,1H3,(H,16,17). The van der Waals surface area contributed by atoms with Gasteiger partial charge in [0.15, 0.2) is 11.5 Å². The number of carboxylic acid groups (broad SMARTS) is 1. The van der Waals surface area contributed by atoms with Gasteiger partial charge in [0.25, 0.3) is 0 Å². The second-order valence-electron chi connectivity index (χ2n) is 4.29. The summed E-state index contributed by atoms with van der Waals surface area (Å²) in [6.07, 6.45) is 0.109. The fourth-order valence-electron chi connectivity index (χ4n) is 1.82. The molecule has 6 heteroatoms. The molecule has 1 aliphatic rings. The van der Waals surface area contributed by atoms with E-state index in [2.05, 4.69) is 0 Å². The van der Waals surface area contributed by atoms with E-state index in [0.717, 1.165) is 5.56 Å². The highest BCUT2D eigenvalue weighted by Gasteiger charge is 2.20. The Balaban J connectivity index is 1.99. The number of carbonyl (C=O) groups is 2. The van der Waals surface area contributed by atoms with Crippen LogP contribution in [0.4, 0.5) is 0 Å². The summed E-state index contributed by atoms with van der Waals surface area (Å²) in [6, 6.07) is 5.38. The molecule has 19 heavy (non-hydrogen) atoms. The SMILES string of the molecule is CN(CCC(=O)O)C(=O)Cc1cccc2c1OCO2. The molecular weight excluding hydrogens is 250 g/mol. The van der Waals surface area contributed by atoms with Crippen molar-refractivity contribution in [2.75, 3.05) is 20.4 Å². The van der Waals surface area contributed by atoms with Gasteiger partial charge in [0.1, 0.15) is 0 Å². The highest BCUT2D eigenvalue weighted by Crippen LogP contribution is 2.35. The summed E-state index contributed by atoms with van der Waals surface area (Å²) < 4.78 is 10.6. The molecule has 1 heterocycles. The third-order valence-corrected chi connectivity index (χ3v) is 2.91. The van der Waals surface area contributed by atoms with E-state index >= 15 is 0 Å². The van der Waals surface area contributed by atoms with E-state index < -0.39 is 5.97 Å². The maximum atomic E-state index is 12.0. The Morgan fingerprint density at radius 3 is 2.89 bits per heavy atom. The lowest BCUT2D eigenvalue weighted by molar-refractivity contribution is -0.138. The van der Waals surface area contributed by atoms with E-state index in [-0.39, 0.29) is 32.1 Å². The van der Waals surface area contributed by atoms with E-state index in [0.29, 0.717) is 11.5 Å². The normalized spacial score (nSPS) is 12.3. The van der Waals surface area contributed by atoms with Crippen LogP contribution >= 0.6 is 0 Å². The number of nitrogens with zero attached hydrogens (tertiary/aromatic N) is 1. The lowest BCUT2D eigenvalue weighted by Gasteiger charge is -2.16. The number of likely N-dealkylation sites (N-methyl/N-ethyl adjacent to an activating group) is 1. The molecular formula is C13H15NO5. The van der Waals surface area contributed by atoms with Crippen LogP contribution in [0.25, 0.3) is 0 Å². The first-order chi connectivity index (χ1) is 9.08. The van der Waals surface area contributed by atoms with Gasteiger partial charge in [-0.15, -0.1) is 0 Å². The second-order valence-corrected chi connectivity index (χ2v) is 4.29. The number of rotatable bonds is 5. The molecule has 1 aliphatic heterocycles. The summed E-state index contributed by atoms with van der Waals surface area (Å²) in [5.41, 5.74) is 0.752. The largest absolute Gasteiger partial charge is 0.481 e. The fraction of sp³-hybridized carbons (Fsp3) is 0.385. The lowest BCUT2D eigenvalue weighted by Crippen LogP contribution is -2.30. The number of ether oxygens (including phenoxy) is 2. The zero-order valence-corrected chi connectivity index (χ0v) is 10.6. The van der Waals surface area contributed by atoms with Gasteiger partial charge in [0.05, 0.1) is 12.8 Å². The van der Waals surface area contributed by atoms with Gasteiger partial charge in [0, 0.05) is 19.2 Å². The first-order valence-corrected chi connectivity index (χ1v) is 5.91. The predicted molar refractivity (Wildman–Crippen MR) is 66.2 cm³/mol. The molecule has 0 radical (unpaired) electrons. The Bertz CT molecular complexity index is 500. The van der Waals surface area contributed by atoms with Crippen LogP contribution in [0.3, 0.4) is 0 Å². The molecule has 1 N–H and O–H groups in total. The Hall–Kier alpha value is -2.24. The van der Waals surface area contributed by atoms with Gasteiger partial charge in [-0.25, -0.2) is 0 Å². The van der Waals surface area contributed by atoms with Crippen molar-refractivity contribution < 1.29 is 24.2 Å². The van der Waals surface area contributed by atoms with Crippen molar-refractivity contribution in [1.82, 2.24) is 4.90 Å². The van der Waals surface area contributed by atoms with Crippen molar-refractivity contribution in [3.63, 3.8) is 0 Å². The van der Waals surface area contributed by atoms with Gasteiger partial charge in [-0.05, 0) is 6.07 Å². The number of aliphatic carboxylic acids is 1. The van der Waals surface area contributed by atoms with E-state index in [1.54, 1.807) is 25.2 Å². The quantitative estimate of drug-likeness (QED) is 0.855. The molecule has 0 spiro atoms. The van der Waals surface area contributed by atoms with E-state index in [4.69, 9.17) is 14.6 Å². The minimum Gasteiger partial charge on any atom is -0.481 e. The van der Waals surface area contributed by atoms with Crippen LogP contribution in [-0.4, -0.2) is 42.3 Å². The Kier molecular flexibility index (Phi) is 3.89. The highest BCUT2D eigenvalue weighted by atomic mass is 16.7. The molecule has 6 nitrogen and oxygen atoms in total. The fourth-order valence-corrected chi connectivity index (χ4v) is 1.82. The van der Waals surface area contributed by atoms with Crippen LogP contribution in [0.1, 0.15) is 12.0 Å². The smallest absolute Gasteiger partial charge is 0.305 e. The zero-order chi connectivity index (χ0) is 13.8. The van der Waals surface area contributed by atoms with Crippen LogP contribution in [-0.2, 0) is 16.0 Å². The third-order valence-electron chi connectivity index (χ3n) is 2.91. The Morgan fingerprint density at radius 1 is 1.37 bits per heavy atom. The average molecular weight is 265 g/mol. The number of hydrogen-bond acceptors (Lipinski definition) is 4. The summed E-state index contributed by atoms with van der Waals surface area (Å²) >= 11 is 0. The van der Waals surface area contributed by atoms with E-state index in [9.17, 15) is 9.59 Å². The maximum absolute atomic E-state index is 12.0. The van der Waals surface area contributed by atoms with Gasteiger partial charge in [-0.3, -0.25) is 9.59 Å². The highest BCUT2D eigenvalue weighted by molar-refractivity contribution is 5.80. The van der Waals surface area contributed by atoms with Crippen LogP contribution in [0.15, 0.2) is 18.2 Å². The molecule has 1 aromatic rings. The number of hydrogen-bond donors (Lipinski definition) is 1. The molecule has 2 rings (SSSR count). The number of amides is 1. The van der Waals surface area contributed by atoms with Gasteiger partial charge < -0.3 is 19.5 Å². The summed E-state index contributed by atoms with van der Waals surface area (Å²) in [6.45, 7) is 0.357. The van der Waals surface area contributed by atoms with Gasteiger partial charge >= 0.3 is 5.97 Å². The van der Waals surface area contributed by atoms with Gasteiger partial charge in [-0.1, -0.05) is 12.1 Å². The molecule has 102 valence electrons. The molecule has 0 unspecified atom stereocenters. The molecule has 0 bridgehead atoms. The van der Waals surface area contributed by atoms with E-state index in [1.165, 1.54) is 4.90 Å². The minimum absolute atomic E-state index is 0.0608. The summed E-state index contributed by atoms with van der Waals surface area (Å²) in [5.74, 6) is 0.170. The summed E-state index contributed by atoms with van der Waals surface area (Å²) in [5, 5.41) is 8.59. The molecule has 0 aliphatic carbocycles. The van der Waals surface area contributed by atoms with Crippen LogP contribution in [0, 0.1) is 0 Å². The Labute approximate surface area is 110 Å². The second kappa shape index (κ2) is 5.60. The number of carboxylic acids is 1. The van der Waals surface area contributed by atoms with Crippen LogP contribution < -0.4 is 9.47 Å². The first-order valence-electron chi connectivity index (χ1n) is 5.91. The zero-order valence-electron chi connectivity index (χ0n) is 10.6. The van der Waals surface area contributed by atoms with Crippen molar-refractivity contribution in [3.8, 4) is 11.5 Å². The number of benzene rings is 1. The molecule has 0 aromatic heterocycles. The van der Waals surface area contributed by atoms with Crippen molar-refractivity contribution >= 4 is 11.9 Å². The van der Waals surface area contributed by atoms with E-state index in [1.807, 2.05) is 0 Å². The first kappa shape index (κ1) is 13.2. The molecule has 0 fully saturated rings. The van der Waals surface area contributed by atoms with Crippen molar-refractivity contribution in [3.05, 3.63) is 23.8 Å². The molecule has 0 saturated heterocycles. The Morgan fingerprint density at radius 2 is 2.16 bits per heavy atom. The number of carbonyl (C=O) groups excluding carboxylic acids is 1. The predicted octanol–water partition coefficient (Wildman–Crippen LogP) is 0.891. The topological polar surface area (TPSA) is 76.1 Å². The maximum Gasteiger partial charge on any atom is 0.305 e. The van der Waals surface area contributed by atoms with Crippen LogP contribution in [0.5, 0.6) is 11.5 Å². The lowest BCUT2D eigenvalue weighted by atomic mass is 10.1. The van der Waals surface area contributed by atoms with Crippen molar-refractivity contribution in [2.45, 2.75) is 12.8 Å². The van der Waals surface area contributed by atoms with Crippen molar-refractivity contribution in [1.29, 1.82) is 0 Å². The van der Waals surface area contributed by atoms with Crippen molar-refractivity contribution in [2.24, 2.45) is 0 Å². The number of para-hydroxylation sites is 1. The minimum atomic E-state index is -0.919. The molecule has 1 amide bonds. The summed E-state index contributed by atoms with van der Waals surface area (Å²) in [7, 11) is 1.59. The third kappa shape index (κ3) is 3.15. The number of fused-ring (bicyclic) bond motifs is 1. The van der Waals surface area contributed by atoms with Gasteiger partial charge in [-0.2, -0.15) is 0 Å². The molecule has 0 atom stereocenters.